The molecule has 0 amide bonds. The first-order chi connectivity index (χ1) is 6.29. The maximum absolute atomic E-state index is 6.98. The smallest absolute Gasteiger partial charge is 0.0928 e. The second-order valence-electron chi connectivity index (χ2n) is 2.81. The van der Waals surface area contributed by atoms with Gasteiger partial charge in [0.1, 0.15) is 0 Å². The molecular weight excluding hydrogens is 200 g/mol. The first-order valence-electron chi connectivity index (χ1n) is 4.23. The average molecular weight is 215 g/mol. The van der Waals surface area contributed by atoms with Crippen LogP contribution < -0.4 is 5.73 Å². The third-order valence-corrected chi connectivity index (χ3v) is 1.63. The minimum atomic E-state index is 0. The number of ether oxygens (including phenoxy) is 1. The second-order valence-corrected chi connectivity index (χ2v) is 2.81. The fourth-order valence-electron chi connectivity index (χ4n) is 0.946. The molecule has 0 heterocycles. The summed E-state index contributed by atoms with van der Waals surface area (Å²) in [5.41, 5.74) is 6.32. The highest BCUT2D eigenvalue weighted by atomic mass is 35.5. The molecule has 0 atom stereocenters. The molecule has 1 aromatic carbocycles. The summed E-state index contributed by atoms with van der Waals surface area (Å²) in [6, 6.07) is 9.94. The van der Waals surface area contributed by atoms with Crippen LogP contribution >= 0.6 is 12.4 Å². The van der Waals surface area contributed by atoms with E-state index in [-0.39, 0.29) is 18.2 Å². The molecule has 0 fully saturated rings. The normalized spacial score (nSPS) is 9.14. The lowest BCUT2D eigenvalue weighted by Crippen LogP contribution is -2.12. The zero-order valence-corrected chi connectivity index (χ0v) is 8.72. The van der Waals surface area contributed by atoms with Crippen LogP contribution in [0.2, 0.25) is 0 Å². The second kappa shape index (κ2) is 7.35. The van der Waals surface area contributed by atoms with E-state index in [0.29, 0.717) is 19.6 Å². The topological polar surface area (TPSA) is 59.1 Å². The van der Waals surface area contributed by atoms with Crippen LogP contribution in [0.15, 0.2) is 30.3 Å². The van der Waals surface area contributed by atoms with E-state index in [1.807, 2.05) is 30.3 Å². The van der Waals surface area contributed by atoms with Crippen LogP contribution in [0.3, 0.4) is 0 Å². The first-order valence-corrected chi connectivity index (χ1v) is 4.23. The van der Waals surface area contributed by atoms with Crippen molar-refractivity contribution in [3.63, 3.8) is 0 Å². The summed E-state index contributed by atoms with van der Waals surface area (Å²) in [4.78, 5) is 0. The zero-order chi connectivity index (χ0) is 9.52. The minimum Gasteiger partial charge on any atom is -0.388 e. The lowest BCUT2D eigenvalue weighted by molar-refractivity contribution is 0.127. The van der Waals surface area contributed by atoms with Crippen molar-refractivity contribution in [3.05, 3.63) is 35.9 Å². The van der Waals surface area contributed by atoms with Crippen LogP contribution in [0.1, 0.15) is 12.0 Å². The Morgan fingerprint density at radius 1 is 1.29 bits per heavy atom. The molecule has 1 rings (SSSR count). The maximum Gasteiger partial charge on any atom is 0.0928 e. The predicted octanol–water partition coefficient (Wildman–Crippen LogP) is 1.95. The van der Waals surface area contributed by atoms with Crippen LogP contribution in [0.5, 0.6) is 0 Å². The molecule has 0 aromatic heterocycles. The molecule has 0 aliphatic carbocycles. The zero-order valence-electron chi connectivity index (χ0n) is 7.90. The van der Waals surface area contributed by atoms with Gasteiger partial charge in [-0.1, -0.05) is 30.3 Å². The van der Waals surface area contributed by atoms with E-state index < -0.39 is 0 Å². The van der Waals surface area contributed by atoms with E-state index in [1.54, 1.807) is 0 Å². The number of halogens is 1. The lowest BCUT2D eigenvalue weighted by atomic mass is 10.2. The summed E-state index contributed by atoms with van der Waals surface area (Å²) in [7, 11) is 0. The Kier molecular flexibility index (Phi) is 6.80. The van der Waals surface area contributed by atoms with Gasteiger partial charge in [0.05, 0.1) is 19.0 Å². The van der Waals surface area contributed by atoms with Crippen molar-refractivity contribution in [2.24, 2.45) is 5.73 Å². The fourth-order valence-corrected chi connectivity index (χ4v) is 0.946. The monoisotopic (exact) mass is 214 g/mol. The Morgan fingerprint density at radius 2 is 1.93 bits per heavy atom. The number of hydrogen-bond donors (Lipinski definition) is 2. The third kappa shape index (κ3) is 5.56. The summed E-state index contributed by atoms with van der Waals surface area (Å²) >= 11 is 0. The van der Waals surface area contributed by atoms with Crippen molar-refractivity contribution in [3.8, 4) is 0 Å². The van der Waals surface area contributed by atoms with Crippen LogP contribution in [0.25, 0.3) is 0 Å². The van der Waals surface area contributed by atoms with Gasteiger partial charge in [-0.25, -0.2) is 0 Å². The Morgan fingerprint density at radius 3 is 2.50 bits per heavy atom. The Hall–Kier alpha value is -1.06. The van der Waals surface area contributed by atoms with Crippen LogP contribution in [-0.2, 0) is 11.3 Å². The molecule has 4 heteroatoms. The van der Waals surface area contributed by atoms with Crippen LogP contribution in [0.4, 0.5) is 0 Å². The van der Waals surface area contributed by atoms with E-state index in [4.69, 9.17) is 15.9 Å². The molecule has 0 bridgehead atoms. The third-order valence-electron chi connectivity index (χ3n) is 1.63. The highest BCUT2D eigenvalue weighted by Crippen LogP contribution is 2.00. The molecule has 0 aliphatic heterocycles. The number of benzene rings is 1. The number of amidine groups is 1. The van der Waals surface area contributed by atoms with Crippen molar-refractivity contribution in [2.75, 3.05) is 6.61 Å². The van der Waals surface area contributed by atoms with Crippen LogP contribution in [-0.4, -0.2) is 12.4 Å². The highest BCUT2D eigenvalue weighted by Gasteiger charge is 1.92. The van der Waals surface area contributed by atoms with Crippen molar-refractivity contribution >= 4 is 18.2 Å². The number of nitrogens with one attached hydrogen (secondary N) is 1. The van der Waals surface area contributed by atoms with Gasteiger partial charge in [0.25, 0.3) is 0 Å². The lowest BCUT2D eigenvalue weighted by Gasteiger charge is -2.02. The van der Waals surface area contributed by atoms with Gasteiger partial charge >= 0.3 is 0 Å². The molecule has 0 saturated carbocycles. The molecule has 0 radical (unpaired) electrons. The summed E-state index contributed by atoms with van der Waals surface area (Å²) in [5.74, 6) is 0.174. The minimum absolute atomic E-state index is 0. The van der Waals surface area contributed by atoms with Gasteiger partial charge in [0, 0.05) is 6.42 Å². The SMILES string of the molecule is Cl.N=C(N)CCOCc1ccccc1. The average Bonchev–Trinajstić information content (AvgIpc) is 2.14. The Bertz CT molecular complexity index is 264. The number of rotatable bonds is 5. The van der Waals surface area contributed by atoms with Gasteiger partial charge in [0.15, 0.2) is 0 Å². The van der Waals surface area contributed by atoms with Gasteiger partial charge in [0.2, 0.25) is 0 Å². The molecule has 3 N–H and O–H groups in total. The first kappa shape index (κ1) is 12.9. The fraction of sp³-hybridized carbons (Fsp3) is 0.300. The predicted molar refractivity (Wildman–Crippen MR) is 59.9 cm³/mol. The molecule has 78 valence electrons. The van der Waals surface area contributed by atoms with Crippen molar-refractivity contribution < 1.29 is 4.74 Å². The number of hydrogen-bond acceptors (Lipinski definition) is 2. The van der Waals surface area contributed by atoms with Gasteiger partial charge in [-0.3, -0.25) is 5.41 Å². The summed E-state index contributed by atoms with van der Waals surface area (Å²) in [5, 5.41) is 6.98. The van der Waals surface area contributed by atoms with E-state index in [2.05, 4.69) is 0 Å². The van der Waals surface area contributed by atoms with Gasteiger partial charge in [-0.05, 0) is 5.56 Å². The molecule has 0 aliphatic rings. The largest absolute Gasteiger partial charge is 0.388 e. The van der Waals surface area contributed by atoms with E-state index >= 15 is 0 Å². The molecule has 0 spiro atoms. The molecular formula is C10H15ClN2O. The molecule has 14 heavy (non-hydrogen) atoms. The molecule has 0 saturated heterocycles. The van der Waals surface area contributed by atoms with E-state index in [1.165, 1.54) is 0 Å². The van der Waals surface area contributed by atoms with E-state index in [9.17, 15) is 0 Å². The van der Waals surface area contributed by atoms with Gasteiger partial charge in [-0.2, -0.15) is 0 Å². The molecule has 0 unspecified atom stereocenters. The Labute approximate surface area is 90.2 Å². The van der Waals surface area contributed by atoms with E-state index in [0.717, 1.165) is 5.56 Å². The number of nitrogens with two attached hydrogens (primary N) is 1. The standard InChI is InChI=1S/C10H14N2O.ClH/c11-10(12)6-7-13-8-9-4-2-1-3-5-9;/h1-5H,6-8H2,(H3,11,12);1H. The molecule has 1 aromatic rings. The van der Waals surface area contributed by atoms with Crippen molar-refractivity contribution in [1.29, 1.82) is 5.41 Å². The van der Waals surface area contributed by atoms with Crippen molar-refractivity contribution in [1.82, 2.24) is 0 Å². The Balaban J connectivity index is 0.00000169. The highest BCUT2D eigenvalue weighted by molar-refractivity contribution is 5.85. The quantitative estimate of drug-likeness (QED) is 0.447. The maximum atomic E-state index is 6.98. The molecule has 3 nitrogen and oxygen atoms in total. The summed E-state index contributed by atoms with van der Waals surface area (Å²) < 4.78 is 5.31. The van der Waals surface area contributed by atoms with Gasteiger partial charge in [-0.15, -0.1) is 12.4 Å². The summed E-state index contributed by atoms with van der Waals surface area (Å²) in [6.07, 6.45) is 0.507. The van der Waals surface area contributed by atoms with Crippen LogP contribution in [0, 0.1) is 5.41 Å². The van der Waals surface area contributed by atoms with Crippen molar-refractivity contribution in [2.45, 2.75) is 13.0 Å². The van der Waals surface area contributed by atoms with Gasteiger partial charge < -0.3 is 10.5 Å². The summed E-state index contributed by atoms with van der Waals surface area (Å²) in [6.45, 7) is 1.11.